The molecule has 0 aliphatic rings. The van der Waals surface area contributed by atoms with Crippen molar-refractivity contribution in [2.75, 3.05) is 13.2 Å². The van der Waals surface area contributed by atoms with Crippen molar-refractivity contribution in [3.63, 3.8) is 0 Å². The molecular weight excluding hydrogens is 853 g/mol. The third-order valence-electron chi connectivity index (χ3n) is 14.8. The Morgan fingerprint density at radius 2 is 0.507 bits per heavy atom. The minimum Gasteiger partial charge on any atom is -0.462 e. The van der Waals surface area contributed by atoms with Gasteiger partial charge >= 0.3 is 17.9 Å². The summed E-state index contributed by atoms with van der Waals surface area (Å²) in [5.41, 5.74) is 0. The number of hydrogen-bond acceptors (Lipinski definition) is 6. The predicted molar refractivity (Wildman–Crippen MR) is 298 cm³/mol. The Balaban J connectivity index is 4.25. The minimum atomic E-state index is -0.764. The summed E-state index contributed by atoms with van der Waals surface area (Å²) < 4.78 is 16.9. The largest absolute Gasteiger partial charge is 0.462 e. The zero-order valence-corrected chi connectivity index (χ0v) is 47.6. The van der Waals surface area contributed by atoms with Gasteiger partial charge in [-0.3, -0.25) is 14.4 Å². The van der Waals surface area contributed by atoms with E-state index in [4.69, 9.17) is 14.2 Å². The van der Waals surface area contributed by atoms with E-state index in [9.17, 15) is 14.4 Å². The van der Waals surface area contributed by atoms with Crippen LogP contribution in [0.4, 0.5) is 0 Å². The van der Waals surface area contributed by atoms with E-state index in [2.05, 4.69) is 41.5 Å². The van der Waals surface area contributed by atoms with Gasteiger partial charge in [0, 0.05) is 19.3 Å². The molecule has 1 unspecified atom stereocenters. The first-order valence-electron chi connectivity index (χ1n) is 31.1. The van der Waals surface area contributed by atoms with Crippen LogP contribution >= 0.6 is 0 Å². The highest BCUT2D eigenvalue weighted by atomic mass is 16.6. The summed E-state index contributed by atoms with van der Waals surface area (Å²) in [4.78, 5) is 38.2. The fourth-order valence-electron chi connectivity index (χ4n) is 9.67. The second-order valence-corrected chi connectivity index (χ2v) is 22.9. The molecule has 0 amide bonds. The fraction of sp³-hybridized carbons (Fsp3) is 0.952. The molecule has 0 spiro atoms. The first kappa shape index (κ1) is 67.4. The van der Waals surface area contributed by atoms with Crippen LogP contribution in [-0.2, 0) is 28.6 Å². The zero-order chi connectivity index (χ0) is 50.5. The summed E-state index contributed by atoms with van der Waals surface area (Å²) in [7, 11) is 0. The van der Waals surface area contributed by atoms with Gasteiger partial charge in [-0.25, -0.2) is 0 Å². The normalized spacial score (nSPS) is 12.5. The van der Waals surface area contributed by atoms with Gasteiger partial charge in [0.05, 0.1) is 0 Å². The van der Waals surface area contributed by atoms with Crippen molar-refractivity contribution in [1.29, 1.82) is 0 Å². The molecule has 69 heavy (non-hydrogen) atoms. The molecule has 2 atom stereocenters. The number of rotatable bonds is 56. The van der Waals surface area contributed by atoms with Crippen LogP contribution in [0.15, 0.2) is 0 Å². The second-order valence-electron chi connectivity index (χ2n) is 22.9. The number of ether oxygens (including phenoxy) is 3. The monoisotopic (exact) mass is 975 g/mol. The molecule has 410 valence electrons. The van der Waals surface area contributed by atoms with Gasteiger partial charge in [-0.2, -0.15) is 0 Å². The fourth-order valence-corrected chi connectivity index (χ4v) is 9.67. The van der Waals surface area contributed by atoms with Crippen LogP contribution in [0.3, 0.4) is 0 Å². The lowest BCUT2D eigenvalue weighted by Gasteiger charge is -2.18. The zero-order valence-electron chi connectivity index (χ0n) is 47.6. The number of hydrogen-bond donors (Lipinski definition) is 0. The van der Waals surface area contributed by atoms with Gasteiger partial charge in [0.1, 0.15) is 13.2 Å². The van der Waals surface area contributed by atoms with Crippen LogP contribution in [0.2, 0.25) is 0 Å². The van der Waals surface area contributed by atoms with E-state index >= 15 is 0 Å². The van der Waals surface area contributed by atoms with Crippen molar-refractivity contribution < 1.29 is 28.6 Å². The maximum absolute atomic E-state index is 12.9. The average Bonchev–Trinajstić information content (AvgIpc) is 3.32. The Morgan fingerprint density at radius 1 is 0.290 bits per heavy atom. The Labute approximate surface area is 431 Å². The van der Waals surface area contributed by atoms with E-state index in [0.717, 1.165) is 75.5 Å². The highest BCUT2D eigenvalue weighted by molar-refractivity contribution is 5.71. The molecule has 0 saturated heterocycles. The Hall–Kier alpha value is -1.59. The number of unbranched alkanes of at least 4 members (excludes halogenated alkanes) is 38. The SMILES string of the molecule is CCC(C)CCCCCCCCCCCCCCCCC(=O)OC[C@H](COC(=O)CCCCCCCCCCCC(C)C)OC(=O)CCCCCCCCCCCCCCCCCCCCC(C)C. The molecule has 0 heterocycles. The first-order chi connectivity index (χ1) is 33.6. The van der Waals surface area contributed by atoms with Gasteiger partial charge in [-0.05, 0) is 37.0 Å². The lowest BCUT2D eigenvalue weighted by molar-refractivity contribution is -0.167. The van der Waals surface area contributed by atoms with Crippen LogP contribution in [0.25, 0.3) is 0 Å². The summed E-state index contributed by atoms with van der Waals surface area (Å²) >= 11 is 0. The van der Waals surface area contributed by atoms with E-state index < -0.39 is 6.10 Å². The molecule has 0 aliphatic carbocycles. The molecule has 0 aromatic heterocycles. The number of esters is 3. The molecular formula is C63H122O6. The van der Waals surface area contributed by atoms with Crippen molar-refractivity contribution >= 4 is 17.9 Å². The molecule has 0 bridgehead atoms. The molecule has 0 radical (unpaired) electrons. The topological polar surface area (TPSA) is 78.9 Å². The van der Waals surface area contributed by atoms with Gasteiger partial charge in [-0.1, -0.05) is 311 Å². The van der Waals surface area contributed by atoms with Gasteiger partial charge in [-0.15, -0.1) is 0 Å². The standard InChI is InChI=1S/C63H122O6/c1-7-59(6)51-45-39-33-27-21-17-14-15-18-22-28-34-40-46-52-61(64)67-55-60(56-68-62(65)53-47-41-35-30-24-26-32-38-44-50-58(4)5)69-63(66)54-48-42-36-29-23-19-13-11-9-8-10-12-16-20-25-31-37-43-49-57(2)3/h57-60H,7-56H2,1-6H3/t59?,60-/m1/s1. The van der Waals surface area contributed by atoms with Crippen molar-refractivity contribution in [1.82, 2.24) is 0 Å². The average molecular weight is 976 g/mol. The maximum Gasteiger partial charge on any atom is 0.306 e. The summed E-state index contributed by atoms with van der Waals surface area (Å²) in [6, 6.07) is 0. The summed E-state index contributed by atoms with van der Waals surface area (Å²) in [5, 5.41) is 0. The highest BCUT2D eigenvalue weighted by Gasteiger charge is 2.19. The van der Waals surface area contributed by atoms with Gasteiger partial charge in [0.2, 0.25) is 0 Å². The Bertz CT molecular complexity index is 1070. The molecule has 6 heteroatoms. The molecule has 0 N–H and O–H groups in total. The smallest absolute Gasteiger partial charge is 0.306 e. The summed E-state index contributed by atoms with van der Waals surface area (Å²) in [6.07, 6.45) is 58.1. The van der Waals surface area contributed by atoms with Crippen molar-refractivity contribution in [2.24, 2.45) is 17.8 Å². The molecule has 0 aliphatic heterocycles. The predicted octanol–water partition coefficient (Wildman–Crippen LogP) is 20.7. The molecule has 0 aromatic rings. The van der Waals surface area contributed by atoms with Crippen molar-refractivity contribution in [3.05, 3.63) is 0 Å². The van der Waals surface area contributed by atoms with E-state index in [0.29, 0.717) is 19.3 Å². The van der Waals surface area contributed by atoms with Crippen LogP contribution < -0.4 is 0 Å². The van der Waals surface area contributed by atoms with Crippen molar-refractivity contribution in [2.45, 2.75) is 356 Å². The van der Waals surface area contributed by atoms with E-state index in [1.165, 1.54) is 231 Å². The quantitative estimate of drug-likeness (QED) is 0.0343. The molecule has 0 rings (SSSR count). The van der Waals surface area contributed by atoms with Crippen LogP contribution in [0.5, 0.6) is 0 Å². The van der Waals surface area contributed by atoms with Crippen molar-refractivity contribution in [3.8, 4) is 0 Å². The van der Waals surface area contributed by atoms with Crippen LogP contribution in [-0.4, -0.2) is 37.2 Å². The minimum absolute atomic E-state index is 0.0632. The molecule has 0 saturated carbocycles. The van der Waals surface area contributed by atoms with E-state index in [1.54, 1.807) is 0 Å². The number of carbonyl (C=O) groups is 3. The first-order valence-corrected chi connectivity index (χ1v) is 31.1. The lowest BCUT2D eigenvalue weighted by atomic mass is 9.99. The molecule has 0 fully saturated rings. The lowest BCUT2D eigenvalue weighted by Crippen LogP contribution is -2.30. The second kappa shape index (κ2) is 54.2. The van der Waals surface area contributed by atoms with Crippen LogP contribution in [0.1, 0.15) is 350 Å². The Morgan fingerprint density at radius 3 is 0.754 bits per heavy atom. The third-order valence-corrected chi connectivity index (χ3v) is 14.8. The summed E-state index contributed by atoms with van der Waals surface area (Å²) in [6.45, 7) is 13.8. The van der Waals surface area contributed by atoms with E-state index in [-0.39, 0.29) is 31.1 Å². The Kier molecular flexibility index (Phi) is 52.9. The molecule has 0 aromatic carbocycles. The third kappa shape index (κ3) is 55.6. The highest BCUT2D eigenvalue weighted by Crippen LogP contribution is 2.19. The van der Waals surface area contributed by atoms with Gasteiger partial charge in [0.15, 0.2) is 6.10 Å². The van der Waals surface area contributed by atoms with Gasteiger partial charge < -0.3 is 14.2 Å². The summed E-state index contributed by atoms with van der Waals surface area (Å²) in [5.74, 6) is 1.72. The molecule has 6 nitrogen and oxygen atoms in total. The number of carbonyl (C=O) groups excluding carboxylic acids is 3. The van der Waals surface area contributed by atoms with Crippen LogP contribution in [0, 0.1) is 17.8 Å². The maximum atomic E-state index is 12.9. The van der Waals surface area contributed by atoms with E-state index in [1.807, 2.05) is 0 Å². The van der Waals surface area contributed by atoms with Gasteiger partial charge in [0.25, 0.3) is 0 Å².